The van der Waals surface area contributed by atoms with Gasteiger partial charge in [-0.05, 0) is 31.9 Å². The average Bonchev–Trinajstić information content (AvgIpc) is 2.62. The maximum absolute atomic E-state index is 11.6. The lowest BCUT2D eigenvalue weighted by atomic mass is 10.1. The van der Waals surface area contributed by atoms with Crippen LogP contribution in [0.1, 0.15) is 26.5 Å². The molecule has 0 saturated carbocycles. The molecule has 5 heteroatoms. The molecule has 0 spiro atoms. The van der Waals surface area contributed by atoms with Crippen molar-refractivity contribution < 1.29 is 9.53 Å². The van der Waals surface area contributed by atoms with E-state index in [1.807, 2.05) is 20.8 Å². The minimum absolute atomic E-state index is 0.403. The highest BCUT2D eigenvalue weighted by Gasteiger charge is 2.20. The Balaban J connectivity index is 2.83. The van der Waals surface area contributed by atoms with Gasteiger partial charge in [0, 0.05) is 11.1 Å². The molecule has 2 aromatic rings. The lowest BCUT2D eigenvalue weighted by Crippen LogP contribution is -2.02. The van der Waals surface area contributed by atoms with Crippen molar-refractivity contribution in [3.05, 3.63) is 21.7 Å². The summed E-state index contributed by atoms with van der Waals surface area (Å²) in [6.07, 6.45) is 0. The van der Waals surface area contributed by atoms with Crippen LogP contribution in [0.5, 0.6) is 0 Å². The first-order valence-corrected chi connectivity index (χ1v) is 6.03. The number of anilines is 1. The molecule has 4 nitrogen and oxygen atoms in total. The van der Waals surface area contributed by atoms with Gasteiger partial charge in [-0.15, -0.1) is 11.3 Å². The Morgan fingerprint density at radius 3 is 2.53 bits per heavy atom. The number of carbonyl (C=O) groups excluding carboxylic acids is 1. The molecule has 0 fully saturated rings. The first-order valence-electron chi connectivity index (χ1n) is 5.21. The van der Waals surface area contributed by atoms with E-state index in [0.29, 0.717) is 10.6 Å². The third-order valence-corrected chi connectivity index (χ3v) is 4.13. The summed E-state index contributed by atoms with van der Waals surface area (Å²) in [4.78, 5) is 17.3. The predicted molar refractivity (Wildman–Crippen MR) is 69.6 cm³/mol. The van der Waals surface area contributed by atoms with Crippen LogP contribution in [0, 0.1) is 20.8 Å². The highest BCUT2D eigenvalue weighted by molar-refractivity contribution is 7.21. The molecule has 0 aliphatic heterocycles. The molecule has 0 unspecified atom stereocenters. The Labute approximate surface area is 103 Å². The number of rotatable bonds is 1. The minimum atomic E-state index is -0.403. The molecule has 0 saturated heterocycles. The summed E-state index contributed by atoms with van der Waals surface area (Å²) in [6.45, 7) is 5.96. The van der Waals surface area contributed by atoms with Crippen molar-refractivity contribution in [3.8, 4) is 0 Å². The van der Waals surface area contributed by atoms with E-state index >= 15 is 0 Å². The molecule has 0 aliphatic carbocycles. The number of pyridine rings is 1. The summed E-state index contributed by atoms with van der Waals surface area (Å²) in [5.41, 5.74) is 9.64. The zero-order valence-corrected chi connectivity index (χ0v) is 11.1. The fourth-order valence-electron chi connectivity index (χ4n) is 1.81. The Kier molecular flexibility index (Phi) is 2.79. The van der Waals surface area contributed by atoms with Crippen molar-refractivity contribution in [2.75, 3.05) is 12.8 Å². The van der Waals surface area contributed by atoms with Crippen LogP contribution in [-0.2, 0) is 4.74 Å². The van der Waals surface area contributed by atoms with Crippen molar-refractivity contribution in [2.45, 2.75) is 20.8 Å². The molecule has 0 radical (unpaired) electrons. The van der Waals surface area contributed by atoms with E-state index < -0.39 is 5.97 Å². The Bertz CT molecular complexity index is 617. The van der Waals surface area contributed by atoms with Gasteiger partial charge in [0.05, 0.1) is 12.8 Å². The van der Waals surface area contributed by atoms with Gasteiger partial charge in [-0.2, -0.15) is 0 Å². The number of carbonyl (C=O) groups is 1. The molecule has 17 heavy (non-hydrogen) atoms. The second kappa shape index (κ2) is 4.00. The van der Waals surface area contributed by atoms with E-state index in [0.717, 1.165) is 27.0 Å². The molecule has 0 atom stereocenters. The Morgan fingerprint density at radius 2 is 1.94 bits per heavy atom. The molecule has 0 amide bonds. The number of esters is 1. The van der Waals surface area contributed by atoms with Crippen LogP contribution in [0.25, 0.3) is 10.2 Å². The van der Waals surface area contributed by atoms with Crippen LogP contribution in [0.15, 0.2) is 0 Å². The van der Waals surface area contributed by atoms with Crippen LogP contribution in [-0.4, -0.2) is 18.1 Å². The van der Waals surface area contributed by atoms with Gasteiger partial charge in [0.15, 0.2) is 0 Å². The van der Waals surface area contributed by atoms with Crippen molar-refractivity contribution in [1.29, 1.82) is 0 Å². The number of methoxy groups -OCH3 is 1. The second-order valence-corrected chi connectivity index (χ2v) is 4.96. The van der Waals surface area contributed by atoms with Gasteiger partial charge in [0.2, 0.25) is 0 Å². The van der Waals surface area contributed by atoms with E-state index in [-0.39, 0.29) is 0 Å². The maximum atomic E-state index is 11.6. The zero-order valence-electron chi connectivity index (χ0n) is 10.2. The van der Waals surface area contributed by atoms with Gasteiger partial charge in [-0.1, -0.05) is 0 Å². The number of hydrogen-bond donors (Lipinski definition) is 1. The van der Waals surface area contributed by atoms with Crippen molar-refractivity contribution in [1.82, 2.24) is 4.98 Å². The smallest absolute Gasteiger partial charge is 0.350 e. The van der Waals surface area contributed by atoms with Gasteiger partial charge in [-0.25, -0.2) is 9.78 Å². The zero-order chi connectivity index (χ0) is 12.7. The number of nitrogens with zero attached hydrogens (tertiary/aromatic N) is 1. The van der Waals surface area contributed by atoms with E-state index in [2.05, 4.69) is 4.98 Å². The van der Waals surface area contributed by atoms with Crippen molar-refractivity contribution >= 4 is 33.2 Å². The Morgan fingerprint density at radius 1 is 1.29 bits per heavy atom. The quantitative estimate of drug-likeness (QED) is 0.790. The summed E-state index contributed by atoms with van der Waals surface area (Å²) in [6, 6.07) is 0. The SMILES string of the molecule is COC(=O)c1sc2nc(C)c(C)c(C)c2c1N. The minimum Gasteiger partial charge on any atom is -0.465 e. The van der Waals surface area contributed by atoms with E-state index in [9.17, 15) is 4.79 Å². The summed E-state index contributed by atoms with van der Waals surface area (Å²) in [5, 5.41) is 0.874. The number of thiophene rings is 1. The Hall–Kier alpha value is -1.62. The molecule has 0 aliphatic rings. The van der Waals surface area contributed by atoms with Gasteiger partial charge in [0.25, 0.3) is 0 Å². The van der Waals surface area contributed by atoms with Crippen LogP contribution >= 0.6 is 11.3 Å². The van der Waals surface area contributed by atoms with E-state index in [1.54, 1.807) is 0 Å². The molecular formula is C12H14N2O2S. The number of aromatic nitrogens is 1. The van der Waals surface area contributed by atoms with Crippen LogP contribution in [0.4, 0.5) is 5.69 Å². The number of fused-ring (bicyclic) bond motifs is 1. The summed E-state index contributed by atoms with van der Waals surface area (Å²) >= 11 is 1.28. The van der Waals surface area contributed by atoms with Gasteiger partial charge >= 0.3 is 5.97 Å². The molecule has 90 valence electrons. The molecule has 2 heterocycles. The number of aryl methyl sites for hydroxylation is 2. The molecular weight excluding hydrogens is 236 g/mol. The monoisotopic (exact) mass is 250 g/mol. The van der Waals surface area contributed by atoms with Crippen LogP contribution < -0.4 is 5.73 Å². The second-order valence-electron chi connectivity index (χ2n) is 3.96. The first kappa shape index (κ1) is 11.9. The van der Waals surface area contributed by atoms with E-state index in [1.165, 1.54) is 18.4 Å². The fraction of sp³-hybridized carbons (Fsp3) is 0.333. The topological polar surface area (TPSA) is 65.2 Å². The van der Waals surface area contributed by atoms with Gasteiger partial charge < -0.3 is 10.5 Å². The number of nitrogens with two attached hydrogens (primary N) is 1. The van der Waals surface area contributed by atoms with Gasteiger partial charge in [-0.3, -0.25) is 0 Å². The lowest BCUT2D eigenvalue weighted by Gasteiger charge is -2.05. The largest absolute Gasteiger partial charge is 0.465 e. The van der Waals surface area contributed by atoms with E-state index in [4.69, 9.17) is 10.5 Å². The lowest BCUT2D eigenvalue weighted by molar-refractivity contribution is 0.0607. The number of nitrogen functional groups attached to an aromatic ring is 1. The highest BCUT2D eigenvalue weighted by Crippen LogP contribution is 2.36. The number of hydrogen-bond acceptors (Lipinski definition) is 5. The van der Waals surface area contributed by atoms with Crippen molar-refractivity contribution in [3.63, 3.8) is 0 Å². The normalized spacial score (nSPS) is 10.8. The van der Waals surface area contributed by atoms with Gasteiger partial charge in [0.1, 0.15) is 9.71 Å². The van der Waals surface area contributed by atoms with Crippen molar-refractivity contribution in [2.24, 2.45) is 0 Å². The third-order valence-electron chi connectivity index (χ3n) is 3.05. The average molecular weight is 250 g/mol. The third kappa shape index (κ3) is 1.67. The predicted octanol–water partition coefficient (Wildman–Crippen LogP) is 2.59. The standard InChI is InChI=1S/C12H14N2O2S/c1-5-6(2)8-9(13)10(12(15)16-4)17-11(8)14-7(5)3/h13H2,1-4H3. The molecule has 2 rings (SSSR count). The summed E-state index contributed by atoms with van der Waals surface area (Å²) in [5.74, 6) is -0.403. The van der Waals surface area contributed by atoms with Crippen LogP contribution in [0.3, 0.4) is 0 Å². The summed E-state index contributed by atoms with van der Waals surface area (Å²) < 4.78 is 4.71. The molecule has 2 N–H and O–H groups in total. The number of ether oxygens (including phenoxy) is 1. The maximum Gasteiger partial charge on any atom is 0.350 e. The fourth-order valence-corrected chi connectivity index (χ4v) is 2.93. The molecule has 0 bridgehead atoms. The van der Waals surface area contributed by atoms with Crippen LogP contribution in [0.2, 0.25) is 0 Å². The first-order chi connectivity index (χ1) is 7.97. The molecule has 2 aromatic heterocycles. The highest BCUT2D eigenvalue weighted by atomic mass is 32.1. The summed E-state index contributed by atoms with van der Waals surface area (Å²) in [7, 11) is 1.35. The molecule has 0 aromatic carbocycles.